The number of nitrogens with one attached hydrogen (secondary N) is 2. The zero-order valence-corrected chi connectivity index (χ0v) is 18.6. The van der Waals surface area contributed by atoms with Gasteiger partial charge >= 0.3 is 0 Å². The summed E-state index contributed by atoms with van der Waals surface area (Å²) in [7, 11) is -5.06. The first-order valence-electron chi connectivity index (χ1n) is 8.80. The van der Waals surface area contributed by atoms with Crippen LogP contribution in [0.5, 0.6) is 0 Å². The van der Waals surface area contributed by atoms with Gasteiger partial charge in [-0.2, -0.15) is 0 Å². The van der Waals surface area contributed by atoms with Crippen LogP contribution in [0.25, 0.3) is 0 Å². The molecular formula is C21H19ClN2O4S2. The van der Waals surface area contributed by atoms with Crippen LogP contribution in [0.3, 0.4) is 0 Å². The van der Waals surface area contributed by atoms with Crippen molar-refractivity contribution in [2.24, 2.45) is 0 Å². The maximum Gasteiger partial charge on any atom is 0.262 e. The fourth-order valence-electron chi connectivity index (χ4n) is 2.71. The molecule has 0 aliphatic heterocycles. The molecule has 0 fully saturated rings. The smallest absolute Gasteiger partial charge is 0.262 e. The van der Waals surface area contributed by atoms with Gasteiger partial charge in [-0.1, -0.05) is 29.8 Å². The minimum absolute atomic E-state index is 0.0250. The Hall–Kier alpha value is -2.68. The van der Waals surface area contributed by atoms with Crippen LogP contribution >= 0.6 is 11.6 Å². The number of rotatable bonds is 6. The number of hydrogen-bond acceptors (Lipinski definition) is 4. The fourth-order valence-corrected chi connectivity index (χ4v) is 4.82. The van der Waals surface area contributed by atoms with Crippen molar-refractivity contribution in [1.29, 1.82) is 0 Å². The Bertz CT molecular complexity index is 1230. The van der Waals surface area contributed by atoms with Gasteiger partial charge in [0.1, 0.15) is 0 Å². The van der Waals surface area contributed by atoms with Gasteiger partial charge < -0.3 is 5.32 Å². The Labute approximate surface area is 182 Å². The van der Waals surface area contributed by atoms with Gasteiger partial charge in [-0.3, -0.25) is 13.7 Å². The second-order valence-electron chi connectivity index (χ2n) is 6.50. The Morgan fingerprint density at radius 3 is 2.30 bits per heavy atom. The quantitative estimate of drug-likeness (QED) is 0.566. The summed E-state index contributed by atoms with van der Waals surface area (Å²) < 4.78 is 39.7. The van der Waals surface area contributed by atoms with Crippen LogP contribution in [0.2, 0.25) is 5.02 Å². The van der Waals surface area contributed by atoms with Crippen molar-refractivity contribution in [2.45, 2.75) is 16.7 Å². The molecule has 0 heterocycles. The molecule has 6 nitrogen and oxygen atoms in total. The van der Waals surface area contributed by atoms with Gasteiger partial charge in [0, 0.05) is 33.2 Å². The minimum Gasteiger partial charge on any atom is -0.322 e. The van der Waals surface area contributed by atoms with Crippen LogP contribution in [0.1, 0.15) is 15.9 Å². The average molecular weight is 463 g/mol. The van der Waals surface area contributed by atoms with Gasteiger partial charge in [0.05, 0.1) is 15.6 Å². The predicted octanol–water partition coefficient (Wildman–Crippen LogP) is 4.44. The van der Waals surface area contributed by atoms with Gasteiger partial charge in [0.15, 0.2) is 0 Å². The molecule has 1 amide bonds. The number of benzene rings is 3. The summed E-state index contributed by atoms with van der Waals surface area (Å²) in [4.78, 5) is 13.1. The normalized spacial score (nSPS) is 12.2. The summed E-state index contributed by atoms with van der Waals surface area (Å²) in [6, 6.07) is 17.5. The highest BCUT2D eigenvalue weighted by molar-refractivity contribution is 7.92. The molecule has 0 bridgehead atoms. The van der Waals surface area contributed by atoms with E-state index in [0.717, 1.165) is 0 Å². The lowest BCUT2D eigenvalue weighted by molar-refractivity contribution is 0.102. The van der Waals surface area contributed by atoms with Crippen LogP contribution < -0.4 is 10.0 Å². The summed E-state index contributed by atoms with van der Waals surface area (Å²) in [5, 5.41) is 2.97. The number of hydrogen-bond donors (Lipinski definition) is 2. The number of sulfonamides is 1. The molecule has 0 spiro atoms. The number of amides is 1. The van der Waals surface area contributed by atoms with Crippen molar-refractivity contribution in [1.82, 2.24) is 0 Å². The summed E-state index contributed by atoms with van der Waals surface area (Å²) in [6.07, 6.45) is 1.56. The molecule has 0 aliphatic rings. The number of para-hydroxylation sites is 1. The third-order valence-electron chi connectivity index (χ3n) is 4.30. The maximum absolute atomic E-state index is 12.9. The Kier molecular flexibility index (Phi) is 6.60. The molecule has 3 aromatic rings. The Balaban J connectivity index is 1.85. The molecule has 0 radical (unpaired) electrons. The van der Waals surface area contributed by atoms with Gasteiger partial charge in [-0.05, 0) is 61.0 Å². The second-order valence-corrected chi connectivity index (χ2v) is 9.94. The molecule has 0 saturated heterocycles. The lowest BCUT2D eigenvalue weighted by Crippen LogP contribution is -2.16. The lowest BCUT2D eigenvalue weighted by atomic mass is 10.2. The van der Waals surface area contributed by atoms with E-state index < -0.39 is 26.7 Å². The third kappa shape index (κ3) is 5.08. The molecular weight excluding hydrogens is 444 g/mol. The van der Waals surface area contributed by atoms with Crippen molar-refractivity contribution in [2.75, 3.05) is 16.3 Å². The number of halogens is 1. The molecule has 156 valence electrons. The monoisotopic (exact) mass is 462 g/mol. The van der Waals surface area contributed by atoms with E-state index >= 15 is 0 Å². The highest BCUT2D eigenvalue weighted by Gasteiger charge is 2.19. The molecule has 1 unspecified atom stereocenters. The van der Waals surface area contributed by atoms with Gasteiger partial charge in [0.2, 0.25) is 0 Å². The Morgan fingerprint density at radius 1 is 1.00 bits per heavy atom. The first-order chi connectivity index (χ1) is 14.2. The van der Waals surface area contributed by atoms with E-state index in [1.54, 1.807) is 73.8 Å². The van der Waals surface area contributed by atoms with Gasteiger partial charge in [-0.15, -0.1) is 0 Å². The van der Waals surface area contributed by atoms with E-state index in [1.807, 2.05) is 0 Å². The first kappa shape index (κ1) is 22.0. The fraction of sp³-hybridized carbons (Fsp3) is 0.0952. The lowest BCUT2D eigenvalue weighted by Gasteiger charge is -2.13. The van der Waals surface area contributed by atoms with E-state index in [-0.39, 0.29) is 15.6 Å². The van der Waals surface area contributed by atoms with Crippen molar-refractivity contribution >= 4 is 49.7 Å². The molecule has 3 rings (SSSR count). The maximum atomic E-state index is 12.9. The van der Waals surface area contributed by atoms with E-state index in [4.69, 9.17) is 11.6 Å². The third-order valence-corrected chi connectivity index (χ3v) is 7.08. The zero-order chi connectivity index (χ0) is 21.9. The predicted molar refractivity (Wildman–Crippen MR) is 120 cm³/mol. The van der Waals surface area contributed by atoms with E-state index in [0.29, 0.717) is 21.7 Å². The first-order valence-corrected chi connectivity index (χ1v) is 12.2. The van der Waals surface area contributed by atoms with Crippen molar-refractivity contribution in [3.8, 4) is 0 Å². The SMILES string of the molecule is Cc1ccc(NC(=O)c2ccc(S(C)=O)cc2)cc1S(=O)(=O)Nc1ccccc1Cl. The largest absolute Gasteiger partial charge is 0.322 e. The molecule has 0 aliphatic carbocycles. The number of aryl methyl sites for hydroxylation is 1. The number of carbonyl (C=O) groups excluding carboxylic acids is 1. The summed E-state index contributed by atoms with van der Waals surface area (Å²) >= 11 is 6.05. The minimum atomic E-state index is -3.92. The van der Waals surface area contributed by atoms with Crippen LogP contribution in [0, 0.1) is 6.92 Å². The molecule has 30 heavy (non-hydrogen) atoms. The highest BCUT2D eigenvalue weighted by Crippen LogP contribution is 2.27. The van der Waals surface area contributed by atoms with Crippen molar-refractivity contribution < 1.29 is 17.4 Å². The van der Waals surface area contributed by atoms with Crippen LogP contribution in [0.15, 0.2) is 76.5 Å². The summed E-state index contributed by atoms with van der Waals surface area (Å²) in [5.41, 5.74) is 1.47. The zero-order valence-electron chi connectivity index (χ0n) is 16.2. The molecule has 3 aromatic carbocycles. The number of anilines is 2. The Morgan fingerprint density at radius 2 is 1.67 bits per heavy atom. The number of carbonyl (C=O) groups is 1. The van der Waals surface area contributed by atoms with E-state index in [2.05, 4.69) is 10.0 Å². The van der Waals surface area contributed by atoms with E-state index in [1.165, 1.54) is 6.07 Å². The molecule has 0 aromatic heterocycles. The molecule has 2 N–H and O–H groups in total. The summed E-state index contributed by atoms with van der Waals surface area (Å²) in [5.74, 6) is -0.408. The van der Waals surface area contributed by atoms with Gasteiger partial charge in [-0.25, -0.2) is 8.42 Å². The topological polar surface area (TPSA) is 92.3 Å². The molecule has 1 atom stereocenters. The average Bonchev–Trinajstić information content (AvgIpc) is 2.71. The summed E-state index contributed by atoms with van der Waals surface area (Å²) in [6.45, 7) is 1.66. The standard InChI is InChI=1S/C21H19ClN2O4S2/c1-14-7-10-16(23-21(25)15-8-11-17(12-9-15)29(2)26)13-20(14)30(27,28)24-19-6-4-3-5-18(19)22/h3-13,24H,1-2H3,(H,23,25). The van der Waals surface area contributed by atoms with Crippen molar-refractivity contribution in [3.63, 3.8) is 0 Å². The molecule has 9 heteroatoms. The van der Waals surface area contributed by atoms with Crippen molar-refractivity contribution in [3.05, 3.63) is 82.9 Å². The molecule has 0 saturated carbocycles. The van der Waals surface area contributed by atoms with Crippen LogP contribution in [-0.4, -0.2) is 24.8 Å². The second kappa shape index (κ2) is 8.99. The van der Waals surface area contributed by atoms with Crippen LogP contribution in [0.4, 0.5) is 11.4 Å². The van der Waals surface area contributed by atoms with E-state index in [9.17, 15) is 17.4 Å². The van der Waals surface area contributed by atoms with Gasteiger partial charge in [0.25, 0.3) is 15.9 Å². The highest BCUT2D eigenvalue weighted by atomic mass is 35.5. The van der Waals surface area contributed by atoms with Crippen LogP contribution in [-0.2, 0) is 20.8 Å².